The summed E-state index contributed by atoms with van der Waals surface area (Å²) < 4.78 is 2.16. The standard InChI is InChI=1S/C12H16N4S/c13-11(14)5-1-2-7-16-8-6-15-12(16)10-4-3-9-17-10/h3-4,6,8-9H,1-2,5,7H2,(H3,13,14). The van der Waals surface area contributed by atoms with E-state index >= 15 is 0 Å². The average molecular weight is 248 g/mol. The number of aromatic nitrogens is 2. The van der Waals surface area contributed by atoms with Crippen LogP contribution in [-0.2, 0) is 6.54 Å². The van der Waals surface area contributed by atoms with E-state index in [9.17, 15) is 0 Å². The molecule has 2 aromatic rings. The largest absolute Gasteiger partial charge is 0.388 e. The molecule has 0 amide bonds. The highest BCUT2D eigenvalue weighted by atomic mass is 32.1. The van der Waals surface area contributed by atoms with E-state index < -0.39 is 0 Å². The van der Waals surface area contributed by atoms with Gasteiger partial charge in [0, 0.05) is 25.4 Å². The molecule has 17 heavy (non-hydrogen) atoms. The minimum absolute atomic E-state index is 0.272. The number of hydrogen-bond donors (Lipinski definition) is 2. The van der Waals surface area contributed by atoms with Crippen LogP contribution in [0.3, 0.4) is 0 Å². The third kappa shape index (κ3) is 3.17. The summed E-state index contributed by atoms with van der Waals surface area (Å²) in [6.45, 7) is 0.931. The molecule has 2 heterocycles. The van der Waals surface area contributed by atoms with E-state index in [1.807, 2.05) is 18.5 Å². The Labute approximate surface area is 105 Å². The van der Waals surface area contributed by atoms with Gasteiger partial charge in [-0.15, -0.1) is 11.3 Å². The molecule has 0 saturated heterocycles. The number of nitrogens with two attached hydrogens (primary N) is 1. The summed E-state index contributed by atoms with van der Waals surface area (Å²) in [5.41, 5.74) is 5.32. The highest BCUT2D eigenvalue weighted by Gasteiger charge is 2.06. The Morgan fingerprint density at radius 3 is 3.06 bits per heavy atom. The van der Waals surface area contributed by atoms with Gasteiger partial charge in [-0.3, -0.25) is 5.41 Å². The third-order valence-corrected chi connectivity index (χ3v) is 3.42. The lowest BCUT2D eigenvalue weighted by Gasteiger charge is -2.06. The topological polar surface area (TPSA) is 67.7 Å². The summed E-state index contributed by atoms with van der Waals surface area (Å²) in [6.07, 6.45) is 6.50. The zero-order valence-corrected chi connectivity index (χ0v) is 10.4. The van der Waals surface area contributed by atoms with Crippen molar-refractivity contribution in [2.45, 2.75) is 25.8 Å². The Morgan fingerprint density at radius 1 is 1.47 bits per heavy atom. The van der Waals surface area contributed by atoms with Gasteiger partial charge in [0.25, 0.3) is 0 Å². The number of hydrogen-bond acceptors (Lipinski definition) is 3. The number of nitrogens with zero attached hydrogens (tertiary/aromatic N) is 2. The fourth-order valence-corrected chi connectivity index (χ4v) is 2.45. The predicted octanol–water partition coefficient (Wildman–Crippen LogP) is 2.72. The Bertz CT molecular complexity index is 472. The van der Waals surface area contributed by atoms with Gasteiger partial charge in [-0.2, -0.15) is 0 Å². The highest BCUT2D eigenvalue weighted by Crippen LogP contribution is 2.23. The van der Waals surface area contributed by atoms with Crippen LogP contribution in [0, 0.1) is 5.41 Å². The Balaban J connectivity index is 1.93. The van der Waals surface area contributed by atoms with Crippen molar-refractivity contribution >= 4 is 17.2 Å². The van der Waals surface area contributed by atoms with Crippen LogP contribution in [0.1, 0.15) is 19.3 Å². The quantitative estimate of drug-likeness (QED) is 0.469. The lowest BCUT2D eigenvalue weighted by Crippen LogP contribution is -2.09. The van der Waals surface area contributed by atoms with Gasteiger partial charge in [0.15, 0.2) is 0 Å². The van der Waals surface area contributed by atoms with Crippen LogP contribution < -0.4 is 5.73 Å². The molecule has 3 N–H and O–H groups in total. The first-order valence-corrected chi connectivity index (χ1v) is 6.53. The van der Waals surface area contributed by atoms with E-state index in [0.29, 0.717) is 6.42 Å². The van der Waals surface area contributed by atoms with E-state index in [2.05, 4.69) is 21.0 Å². The Hall–Kier alpha value is -1.62. The molecular formula is C12H16N4S. The number of thiophene rings is 1. The van der Waals surface area contributed by atoms with Gasteiger partial charge in [0.2, 0.25) is 0 Å². The molecule has 0 aromatic carbocycles. The summed E-state index contributed by atoms with van der Waals surface area (Å²) >= 11 is 1.70. The molecule has 5 heteroatoms. The SMILES string of the molecule is N=C(N)CCCCn1ccnc1-c1cccs1. The van der Waals surface area contributed by atoms with E-state index in [1.54, 1.807) is 11.3 Å². The summed E-state index contributed by atoms with van der Waals surface area (Å²) in [5.74, 6) is 1.30. The Morgan fingerprint density at radius 2 is 2.35 bits per heavy atom. The molecule has 0 bridgehead atoms. The van der Waals surface area contributed by atoms with Gasteiger partial charge in [-0.1, -0.05) is 6.07 Å². The number of amidine groups is 1. The minimum Gasteiger partial charge on any atom is -0.388 e. The second-order valence-corrected chi connectivity index (χ2v) is 4.85. The van der Waals surface area contributed by atoms with Crippen molar-refractivity contribution in [2.75, 3.05) is 0 Å². The second kappa shape index (κ2) is 5.63. The van der Waals surface area contributed by atoms with Crippen molar-refractivity contribution < 1.29 is 0 Å². The van der Waals surface area contributed by atoms with Crippen LogP contribution in [0.5, 0.6) is 0 Å². The molecule has 4 nitrogen and oxygen atoms in total. The lowest BCUT2D eigenvalue weighted by atomic mass is 10.2. The van der Waals surface area contributed by atoms with E-state index in [4.69, 9.17) is 11.1 Å². The molecular weight excluding hydrogens is 232 g/mol. The smallest absolute Gasteiger partial charge is 0.149 e. The summed E-state index contributed by atoms with van der Waals surface area (Å²) in [5, 5.41) is 9.22. The molecule has 0 aliphatic heterocycles. The lowest BCUT2D eigenvalue weighted by molar-refractivity contribution is 0.623. The number of unbranched alkanes of at least 4 members (excludes halogenated alkanes) is 1. The molecule has 0 aliphatic carbocycles. The van der Waals surface area contributed by atoms with E-state index in [-0.39, 0.29) is 5.84 Å². The number of rotatable bonds is 6. The fourth-order valence-electron chi connectivity index (χ4n) is 1.72. The molecule has 0 radical (unpaired) electrons. The van der Waals surface area contributed by atoms with Crippen molar-refractivity contribution in [1.82, 2.24) is 9.55 Å². The molecule has 90 valence electrons. The summed E-state index contributed by atoms with van der Waals surface area (Å²) in [6, 6.07) is 4.12. The van der Waals surface area contributed by atoms with Crippen molar-refractivity contribution in [3.63, 3.8) is 0 Å². The zero-order chi connectivity index (χ0) is 12.1. The second-order valence-electron chi connectivity index (χ2n) is 3.90. The predicted molar refractivity (Wildman–Crippen MR) is 71.3 cm³/mol. The minimum atomic E-state index is 0.272. The van der Waals surface area contributed by atoms with Gasteiger partial charge in [0.05, 0.1) is 10.7 Å². The van der Waals surface area contributed by atoms with Crippen LogP contribution >= 0.6 is 11.3 Å². The first-order chi connectivity index (χ1) is 8.27. The summed E-state index contributed by atoms with van der Waals surface area (Å²) in [4.78, 5) is 5.57. The van der Waals surface area contributed by atoms with Gasteiger partial charge in [0.1, 0.15) is 5.82 Å². The van der Waals surface area contributed by atoms with Crippen LogP contribution in [0.2, 0.25) is 0 Å². The van der Waals surface area contributed by atoms with Crippen molar-refractivity contribution in [2.24, 2.45) is 5.73 Å². The first kappa shape index (κ1) is 11.9. The van der Waals surface area contributed by atoms with Gasteiger partial charge in [-0.25, -0.2) is 4.98 Å². The van der Waals surface area contributed by atoms with Crippen molar-refractivity contribution in [3.05, 3.63) is 29.9 Å². The molecule has 0 atom stereocenters. The first-order valence-electron chi connectivity index (χ1n) is 5.65. The molecule has 2 rings (SSSR count). The van der Waals surface area contributed by atoms with E-state index in [1.165, 1.54) is 4.88 Å². The Kier molecular flexibility index (Phi) is 3.93. The molecule has 0 unspecified atom stereocenters. The van der Waals surface area contributed by atoms with Crippen LogP contribution in [-0.4, -0.2) is 15.4 Å². The van der Waals surface area contributed by atoms with Crippen molar-refractivity contribution in [1.29, 1.82) is 5.41 Å². The number of aryl methyl sites for hydroxylation is 1. The molecule has 0 fully saturated rings. The average Bonchev–Trinajstić information content (AvgIpc) is 2.94. The van der Waals surface area contributed by atoms with Gasteiger partial charge < -0.3 is 10.3 Å². The van der Waals surface area contributed by atoms with Crippen LogP contribution in [0.4, 0.5) is 0 Å². The maximum absolute atomic E-state index is 7.16. The molecule has 0 spiro atoms. The fraction of sp³-hybridized carbons (Fsp3) is 0.333. The maximum Gasteiger partial charge on any atom is 0.149 e. The van der Waals surface area contributed by atoms with E-state index in [0.717, 1.165) is 25.2 Å². The maximum atomic E-state index is 7.16. The number of nitrogens with one attached hydrogen (secondary N) is 1. The van der Waals surface area contributed by atoms with Gasteiger partial charge >= 0.3 is 0 Å². The monoisotopic (exact) mass is 248 g/mol. The molecule has 2 aromatic heterocycles. The summed E-state index contributed by atoms with van der Waals surface area (Å²) in [7, 11) is 0. The number of imidazole rings is 1. The highest BCUT2D eigenvalue weighted by molar-refractivity contribution is 7.13. The van der Waals surface area contributed by atoms with Crippen LogP contribution in [0.15, 0.2) is 29.9 Å². The third-order valence-electron chi connectivity index (χ3n) is 2.55. The van der Waals surface area contributed by atoms with Crippen LogP contribution in [0.25, 0.3) is 10.7 Å². The zero-order valence-electron chi connectivity index (χ0n) is 9.60. The molecule has 0 aliphatic rings. The van der Waals surface area contributed by atoms with Gasteiger partial charge in [-0.05, 0) is 24.3 Å². The van der Waals surface area contributed by atoms with Crippen molar-refractivity contribution in [3.8, 4) is 10.7 Å². The normalized spacial score (nSPS) is 10.6. The molecule has 0 saturated carbocycles.